The maximum absolute atomic E-state index is 11.6. The summed E-state index contributed by atoms with van der Waals surface area (Å²) in [6, 6.07) is 4.43. The van der Waals surface area contributed by atoms with Crippen LogP contribution in [0, 0.1) is 12.3 Å². The minimum Gasteiger partial charge on any atom is -0.344 e. The Labute approximate surface area is 107 Å². The van der Waals surface area contributed by atoms with Crippen LogP contribution in [-0.2, 0) is 11.3 Å². The zero-order valence-corrected chi connectivity index (χ0v) is 11.1. The van der Waals surface area contributed by atoms with Gasteiger partial charge in [0.05, 0.1) is 13.1 Å². The van der Waals surface area contributed by atoms with Crippen molar-refractivity contribution in [2.75, 3.05) is 13.1 Å². The van der Waals surface area contributed by atoms with E-state index in [2.05, 4.69) is 36.1 Å². The number of hydrogen-bond donors (Lipinski definition) is 1. The summed E-state index contributed by atoms with van der Waals surface area (Å²) < 4.78 is 0. The van der Waals surface area contributed by atoms with Crippen LogP contribution in [0.2, 0.25) is 0 Å². The van der Waals surface area contributed by atoms with E-state index in [1.54, 1.807) is 11.3 Å². The summed E-state index contributed by atoms with van der Waals surface area (Å²) in [6.07, 6.45) is 5.10. The average Bonchev–Trinajstić information content (AvgIpc) is 2.78. The summed E-state index contributed by atoms with van der Waals surface area (Å²) in [5, 5.41) is 4.73. The molecule has 0 saturated carbocycles. The van der Waals surface area contributed by atoms with Gasteiger partial charge in [-0.1, -0.05) is 12.0 Å². The fraction of sp³-hybridized carbons (Fsp3) is 0.462. The number of carbonyl (C=O) groups excluding carboxylic acids is 1. The van der Waals surface area contributed by atoms with Gasteiger partial charge < -0.3 is 5.32 Å². The molecule has 1 rings (SSSR count). The topological polar surface area (TPSA) is 32.3 Å². The van der Waals surface area contributed by atoms with Crippen molar-refractivity contribution in [3.8, 4) is 12.3 Å². The predicted octanol–water partition coefficient (Wildman–Crippen LogP) is 1.71. The average molecular weight is 250 g/mol. The lowest BCUT2D eigenvalue weighted by Gasteiger charge is -2.25. The second-order valence-electron chi connectivity index (χ2n) is 4.06. The second-order valence-corrected chi connectivity index (χ2v) is 5.09. The lowest BCUT2D eigenvalue weighted by molar-refractivity contribution is -0.122. The highest BCUT2D eigenvalue weighted by Gasteiger charge is 2.14. The van der Waals surface area contributed by atoms with Crippen LogP contribution < -0.4 is 5.32 Å². The van der Waals surface area contributed by atoms with Crippen LogP contribution in [0.1, 0.15) is 18.7 Å². The van der Waals surface area contributed by atoms with E-state index in [0.717, 1.165) is 6.54 Å². The van der Waals surface area contributed by atoms with E-state index < -0.39 is 0 Å². The smallest absolute Gasteiger partial charge is 0.234 e. The van der Waals surface area contributed by atoms with Crippen LogP contribution in [-0.4, -0.2) is 29.9 Å². The monoisotopic (exact) mass is 250 g/mol. The standard InChI is InChI=1S/C13H18N2OS/c1-4-7-14-13(16)10-15(11(2)3)9-12-6-5-8-17-12/h1,5-6,8,11H,7,9-10H2,2-3H3,(H,14,16). The molecule has 0 aromatic carbocycles. The first-order chi connectivity index (χ1) is 8.13. The lowest BCUT2D eigenvalue weighted by Crippen LogP contribution is -2.40. The molecule has 0 aliphatic carbocycles. The summed E-state index contributed by atoms with van der Waals surface area (Å²) in [7, 11) is 0. The molecule has 0 atom stereocenters. The normalized spacial score (nSPS) is 10.5. The molecule has 0 fully saturated rings. The van der Waals surface area contributed by atoms with Crippen molar-refractivity contribution in [3.63, 3.8) is 0 Å². The summed E-state index contributed by atoms with van der Waals surface area (Å²) in [6.45, 7) is 5.66. The molecule has 0 unspecified atom stereocenters. The third-order valence-corrected chi connectivity index (χ3v) is 3.26. The number of nitrogens with one attached hydrogen (secondary N) is 1. The fourth-order valence-electron chi connectivity index (χ4n) is 1.41. The van der Waals surface area contributed by atoms with Gasteiger partial charge in [-0.3, -0.25) is 9.69 Å². The fourth-order valence-corrected chi connectivity index (χ4v) is 2.14. The zero-order valence-electron chi connectivity index (χ0n) is 10.3. The maximum atomic E-state index is 11.6. The first kappa shape index (κ1) is 13.8. The molecule has 0 bridgehead atoms. The highest BCUT2D eigenvalue weighted by molar-refractivity contribution is 7.09. The molecule has 17 heavy (non-hydrogen) atoms. The number of hydrogen-bond acceptors (Lipinski definition) is 3. The van der Waals surface area contributed by atoms with E-state index in [4.69, 9.17) is 6.42 Å². The van der Waals surface area contributed by atoms with Crippen LogP contribution in [0.5, 0.6) is 0 Å². The third-order valence-electron chi connectivity index (χ3n) is 2.40. The number of carbonyl (C=O) groups is 1. The molecular formula is C13H18N2OS. The zero-order chi connectivity index (χ0) is 12.7. The molecule has 1 N–H and O–H groups in total. The van der Waals surface area contributed by atoms with Crippen LogP contribution >= 0.6 is 11.3 Å². The van der Waals surface area contributed by atoms with Crippen molar-refractivity contribution in [2.24, 2.45) is 0 Å². The van der Waals surface area contributed by atoms with Gasteiger partial charge in [-0.2, -0.15) is 0 Å². The van der Waals surface area contributed by atoms with Gasteiger partial charge in [-0.05, 0) is 25.3 Å². The van der Waals surface area contributed by atoms with E-state index >= 15 is 0 Å². The van der Waals surface area contributed by atoms with E-state index in [0.29, 0.717) is 19.1 Å². The van der Waals surface area contributed by atoms with Crippen LogP contribution in [0.3, 0.4) is 0 Å². The Morgan fingerprint density at radius 1 is 1.65 bits per heavy atom. The molecule has 0 aliphatic rings. The minimum absolute atomic E-state index is 0.0202. The van der Waals surface area contributed by atoms with Crippen LogP contribution in [0.25, 0.3) is 0 Å². The molecule has 4 heteroatoms. The molecular weight excluding hydrogens is 232 g/mol. The molecule has 92 valence electrons. The number of rotatable bonds is 6. The molecule has 3 nitrogen and oxygen atoms in total. The summed E-state index contributed by atoms with van der Waals surface area (Å²) >= 11 is 1.71. The van der Waals surface area contributed by atoms with Crippen molar-refractivity contribution >= 4 is 17.2 Å². The molecule has 0 spiro atoms. The van der Waals surface area contributed by atoms with Crippen molar-refractivity contribution in [3.05, 3.63) is 22.4 Å². The maximum Gasteiger partial charge on any atom is 0.234 e. The molecule has 0 radical (unpaired) electrons. The van der Waals surface area contributed by atoms with Crippen molar-refractivity contribution in [1.29, 1.82) is 0 Å². The van der Waals surface area contributed by atoms with Gasteiger partial charge in [0.15, 0.2) is 0 Å². The predicted molar refractivity (Wildman–Crippen MR) is 71.7 cm³/mol. The van der Waals surface area contributed by atoms with Gasteiger partial charge in [0.25, 0.3) is 0 Å². The minimum atomic E-state index is -0.0202. The van der Waals surface area contributed by atoms with Gasteiger partial charge in [-0.25, -0.2) is 0 Å². The van der Waals surface area contributed by atoms with E-state index in [1.165, 1.54) is 4.88 Å². The summed E-state index contributed by atoms with van der Waals surface area (Å²) in [4.78, 5) is 15.0. The van der Waals surface area contributed by atoms with Crippen molar-refractivity contribution in [2.45, 2.75) is 26.4 Å². The Kier molecular flexibility index (Phi) is 5.75. The van der Waals surface area contributed by atoms with Crippen LogP contribution in [0.4, 0.5) is 0 Å². The van der Waals surface area contributed by atoms with Gasteiger partial charge in [0, 0.05) is 17.5 Å². The highest BCUT2D eigenvalue weighted by atomic mass is 32.1. The number of amides is 1. The molecule has 1 aromatic rings. The van der Waals surface area contributed by atoms with Gasteiger partial charge in [0.2, 0.25) is 5.91 Å². The molecule has 0 saturated heterocycles. The van der Waals surface area contributed by atoms with E-state index in [9.17, 15) is 4.79 Å². The Bertz CT molecular complexity index is 379. The van der Waals surface area contributed by atoms with Gasteiger partial charge >= 0.3 is 0 Å². The first-order valence-corrected chi connectivity index (χ1v) is 6.48. The Balaban J connectivity index is 2.49. The van der Waals surface area contributed by atoms with Crippen molar-refractivity contribution in [1.82, 2.24) is 10.2 Å². The van der Waals surface area contributed by atoms with E-state index in [1.807, 2.05) is 11.4 Å². The van der Waals surface area contributed by atoms with E-state index in [-0.39, 0.29) is 5.91 Å². The van der Waals surface area contributed by atoms with Crippen molar-refractivity contribution < 1.29 is 4.79 Å². The Morgan fingerprint density at radius 2 is 2.41 bits per heavy atom. The number of thiophene rings is 1. The number of nitrogens with zero attached hydrogens (tertiary/aromatic N) is 1. The molecule has 1 heterocycles. The Morgan fingerprint density at radius 3 is 2.94 bits per heavy atom. The quantitative estimate of drug-likeness (QED) is 0.780. The second kappa shape index (κ2) is 7.10. The lowest BCUT2D eigenvalue weighted by atomic mass is 10.3. The third kappa shape index (κ3) is 5.03. The largest absolute Gasteiger partial charge is 0.344 e. The molecule has 1 amide bonds. The van der Waals surface area contributed by atoms with Crippen LogP contribution in [0.15, 0.2) is 17.5 Å². The Hall–Kier alpha value is -1.31. The number of terminal acetylenes is 1. The van der Waals surface area contributed by atoms with Gasteiger partial charge in [0.1, 0.15) is 0 Å². The summed E-state index contributed by atoms with van der Waals surface area (Å²) in [5.74, 6) is 2.38. The highest BCUT2D eigenvalue weighted by Crippen LogP contribution is 2.13. The van der Waals surface area contributed by atoms with Gasteiger partial charge in [-0.15, -0.1) is 17.8 Å². The first-order valence-electron chi connectivity index (χ1n) is 5.60. The summed E-state index contributed by atoms with van der Waals surface area (Å²) in [5.41, 5.74) is 0. The SMILES string of the molecule is C#CCNC(=O)CN(Cc1cccs1)C(C)C. The molecule has 0 aliphatic heterocycles. The molecule has 1 aromatic heterocycles.